The summed E-state index contributed by atoms with van der Waals surface area (Å²) in [4.78, 5) is 31.5. The maximum Gasteiger partial charge on any atom is 0.243 e. The standard InChI is InChI=1S/C21H26FN5O2/c1-27-10-4-7-18(27)21(29)26-17(11-15-5-2-3-6-16(15)22)20(28)25-13-14-8-9-19(23)24-12-14/h2-3,5-6,8-9,12,17-18H,4,7,10-11,13H2,1H3,(H2,23,24)(H,25,28)(H,26,29)/t17-,18+/m0/s1. The van der Waals surface area contributed by atoms with Crippen molar-refractivity contribution in [1.82, 2.24) is 20.5 Å². The van der Waals surface area contributed by atoms with E-state index < -0.39 is 11.9 Å². The molecule has 29 heavy (non-hydrogen) atoms. The number of amides is 2. The number of nitrogen functional groups attached to an aromatic ring is 1. The predicted octanol–water partition coefficient (Wildman–Crippen LogP) is 1.24. The van der Waals surface area contributed by atoms with E-state index in [1.54, 1.807) is 36.5 Å². The molecule has 1 fully saturated rings. The Labute approximate surface area is 169 Å². The van der Waals surface area contributed by atoms with Crippen molar-refractivity contribution in [2.45, 2.75) is 37.9 Å². The van der Waals surface area contributed by atoms with Crippen LogP contribution in [0.25, 0.3) is 0 Å². The number of carbonyl (C=O) groups is 2. The molecule has 0 spiro atoms. The molecule has 1 aliphatic rings. The molecule has 8 heteroatoms. The number of rotatable bonds is 7. The van der Waals surface area contributed by atoms with E-state index in [4.69, 9.17) is 5.73 Å². The van der Waals surface area contributed by atoms with Crippen LogP contribution in [0.3, 0.4) is 0 Å². The third kappa shape index (κ3) is 5.51. The van der Waals surface area contributed by atoms with Crippen molar-refractivity contribution < 1.29 is 14.0 Å². The molecule has 154 valence electrons. The summed E-state index contributed by atoms with van der Waals surface area (Å²) in [7, 11) is 1.89. The van der Waals surface area contributed by atoms with Crippen LogP contribution >= 0.6 is 0 Å². The fourth-order valence-electron chi connectivity index (χ4n) is 3.46. The number of aromatic nitrogens is 1. The lowest BCUT2D eigenvalue weighted by molar-refractivity contribution is -0.131. The molecule has 7 nitrogen and oxygen atoms in total. The molecule has 4 N–H and O–H groups in total. The predicted molar refractivity (Wildman–Crippen MR) is 108 cm³/mol. The first kappa shape index (κ1) is 20.7. The smallest absolute Gasteiger partial charge is 0.243 e. The van der Waals surface area contributed by atoms with Crippen LogP contribution in [0.5, 0.6) is 0 Å². The number of nitrogens with two attached hydrogens (primary N) is 1. The number of pyridine rings is 1. The van der Waals surface area contributed by atoms with Gasteiger partial charge in [0, 0.05) is 19.2 Å². The van der Waals surface area contributed by atoms with Gasteiger partial charge >= 0.3 is 0 Å². The minimum absolute atomic E-state index is 0.0701. The van der Waals surface area contributed by atoms with Gasteiger partial charge in [0.2, 0.25) is 11.8 Å². The molecule has 2 aromatic rings. The molecule has 0 aliphatic carbocycles. The first-order chi connectivity index (χ1) is 13.9. The fraction of sp³-hybridized carbons (Fsp3) is 0.381. The van der Waals surface area contributed by atoms with E-state index in [1.165, 1.54) is 6.07 Å². The Morgan fingerprint density at radius 1 is 1.31 bits per heavy atom. The quantitative estimate of drug-likeness (QED) is 0.651. The molecule has 2 atom stereocenters. The van der Waals surface area contributed by atoms with E-state index >= 15 is 0 Å². The Morgan fingerprint density at radius 3 is 2.76 bits per heavy atom. The minimum atomic E-state index is -0.879. The topological polar surface area (TPSA) is 100 Å². The minimum Gasteiger partial charge on any atom is -0.384 e. The lowest BCUT2D eigenvalue weighted by Gasteiger charge is -2.24. The maximum atomic E-state index is 14.1. The lowest BCUT2D eigenvalue weighted by Crippen LogP contribution is -2.52. The van der Waals surface area contributed by atoms with E-state index in [2.05, 4.69) is 15.6 Å². The van der Waals surface area contributed by atoms with Gasteiger partial charge in [-0.2, -0.15) is 0 Å². The van der Waals surface area contributed by atoms with E-state index in [9.17, 15) is 14.0 Å². The van der Waals surface area contributed by atoms with Crippen LogP contribution in [0, 0.1) is 5.82 Å². The summed E-state index contributed by atoms with van der Waals surface area (Å²) in [6.45, 7) is 1.07. The second-order valence-corrected chi connectivity index (χ2v) is 7.30. The van der Waals surface area contributed by atoms with Gasteiger partial charge in [-0.05, 0) is 49.7 Å². The van der Waals surface area contributed by atoms with Crippen molar-refractivity contribution >= 4 is 17.6 Å². The van der Waals surface area contributed by atoms with Crippen molar-refractivity contribution in [3.05, 3.63) is 59.5 Å². The van der Waals surface area contributed by atoms with Gasteiger partial charge in [0.15, 0.2) is 0 Å². The summed E-state index contributed by atoms with van der Waals surface area (Å²) in [5.74, 6) is -0.597. The van der Waals surface area contributed by atoms with Crippen molar-refractivity contribution in [2.24, 2.45) is 0 Å². The highest BCUT2D eigenvalue weighted by Crippen LogP contribution is 2.16. The summed E-state index contributed by atoms with van der Waals surface area (Å²) >= 11 is 0. The molecule has 2 heterocycles. The summed E-state index contributed by atoms with van der Waals surface area (Å²) in [6, 6.07) is 8.52. The van der Waals surface area contributed by atoms with Crippen molar-refractivity contribution in [1.29, 1.82) is 0 Å². The van der Waals surface area contributed by atoms with Crippen molar-refractivity contribution in [3.8, 4) is 0 Å². The van der Waals surface area contributed by atoms with E-state index in [0.29, 0.717) is 11.4 Å². The number of anilines is 1. The summed E-state index contributed by atoms with van der Waals surface area (Å²) in [6.07, 6.45) is 3.32. The molecule has 1 saturated heterocycles. The largest absolute Gasteiger partial charge is 0.384 e. The molecule has 0 unspecified atom stereocenters. The van der Waals surface area contributed by atoms with Gasteiger partial charge in [0.25, 0.3) is 0 Å². The van der Waals surface area contributed by atoms with Gasteiger partial charge in [0.1, 0.15) is 17.7 Å². The van der Waals surface area contributed by atoms with E-state index in [0.717, 1.165) is 24.9 Å². The van der Waals surface area contributed by atoms with Crippen LogP contribution in [0.2, 0.25) is 0 Å². The molecule has 1 aliphatic heterocycles. The molecule has 0 saturated carbocycles. The molecule has 0 bridgehead atoms. The zero-order valence-electron chi connectivity index (χ0n) is 16.4. The molecule has 1 aromatic carbocycles. The Kier molecular flexibility index (Phi) is 6.77. The third-order valence-electron chi connectivity index (χ3n) is 5.15. The SMILES string of the molecule is CN1CCC[C@@H]1C(=O)N[C@@H](Cc1ccccc1F)C(=O)NCc1ccc(N)nc1. The van der Waals surface area contributed by atoms with Crippen molar-refractivity contribution in [2.75, 3.05) is 19.3 Å². The molecule has 0 radical (unpaired) electrons. The third-order valence-corrected chi connectivity index (χ3v) is 5.15. The van der Waals surface area contributed by atoms with Gasteiger partial charge in [0.05, 0.1) is 6.04 Å². The average molecular weight is 399 g/mol. The Bertz CT molecular complexity index is 858. The summed E-state index contributed by atoms with van der Waals surface area (Å²) in [5.41, 5.74) is 6.72. The zero-order valence-corrected chi connectivity index (χ0v) is 16.4. The van der Waals surface area contributed by atoms with Gasteiger partial charge in [-0.1, -0.05) is 24.3 Å². The van der Waals surface area contributed by atoms with Crippen LogP contribution < -0.4 is 16.4 Å². The first-order valence-electron chi connectivity index (χ1n) is 9.66. The molecule has 1 aromatic heterocycles. The van der Waals surface area contributed by atoms with Gasteiger partial charge in [-0.25, -0.2) is 9.37 Å². The number of hydrogen-bond donors (Lipinski definition) is 3. The van der Waals surface area contributed by atoms with Crippen LogP contribution in [0.15, 0.2) is 42.6 Å². The maximum absolute atomic E-state index is 14.1. The highest BCUT2D eigenvalue weighted by atomic mass is 19.1. The number of likely N-dealkylation sites (N-methyl/N-ethyl adjacent to an activating group) is 1. The molecular formula is C21H26FN5O2. The van der Waals surface area contributed by atoms with Crippen LogP contribution in [-0.2, 0) is 22.6 Å². The Balaban J connectivity index is 1.70. The highest BCUT2D eigenvalue weighted by Gasteiger charge is 2.31. The number of carbonyl (C=O) groups excluding carboxylic acids is 2. The van der Waals surface area contributed by atoms with Crippen LogP contribution in [0.4, 0.5) is 10.2 Å². The Hall–Kier alpha value is -3.00. The number of benzene rings is 1. The number of hydrogen-bond acceptors (Lipinski definition) is 5. The van der Waals surface area contributed by atoms with E-state index in [1.807, 2.05) is 11.9 Å². The van der Waals surface area contributed by atoms with E-state index in [-0.39, 0.29) is 30.8 Å². The number of nitrogens with zero attached hydrogens (tertiary/aromatic N) is 2. The number of likely N-dealkylation sites (tertiary alicyclic amines) is 1. The van der Waals surface area contributed by atoms with Crippen LogP contribution in [0.1, 0.15) is 24.0 Å². The summed E-state index contributed by atoms with van der Waals surface area (Å²) in [5, 5.41) is 5.61. The average Bonchev–Trinajstić information content (AvgIpc) is 3.14. The lowest BCUT2D eigenvalue weighted by atomic mass is 10.0. The van der Waals surface area contributed by atoms with Gasteiger partial charge in [-0.3, -0.25) is 14.5 Å². The number of halogens is 1. The Morgan fingerprint density at radius 2 is 2.10 bits per heavy atom. The monoisotopic (exact) mass is 399 g/mol. The summed E-state index contributed by atoms with van der Waals surface area (Å²) < 4.78 is 14.1. The second kappa shape index (κ2) is 9.47. The zero-order chi connectivity index (χ0) is 20.8. The van der Waals surface area contributed by atoms with Crippen LogP contribution in [-0.4, -0.2) is 47.4 Å². The second-order valence-electron chi connectivity index (χ2n) is 7.30. The van der Waals surface area contributed by atoms with Gasteiger partial charge < -0.3 is 16.4 Å². The molecule has 2 amide bonds. The van der Waals surface area contributed by atoms with Gasteiger partial charge in [-0.15, -0.1) is 0 Å². The normalized spacial score (nSPS) is 17.7. The first-order valence-corrected chi connectivity index (χ1v) is 9.66. The fourth-order valence-corrected chi connectivity index (χ4v) is 3.46. The highest BCUT2D eigenvalue weighted by molar-refractivity contribution is 5.90. The molecular weight excluding hydrogens is 373 g/mol. The molecule has 3 rings (SSSR count). The number of nitrogens with one attached hydrogen (secondary N) is 2. The van der Waals surface area contributed by atoms with Crippen molar-refractivity contribution in [3.63, 3.8) is 0 Å².